The van der Waals surface area contributed by atoms with E-state index in [9.17, 15) is 9.59 Å². The lowest BCUT2D eigenvalue weighted by Crippen LogP contribution is -2.21. The third kappa shape index (κ3) is 2.36. The van der Waals surface area contributed by atoms with E-state index in [1.165, 1.54) is 11.3 Å². The van der Waals surface area contributed by atoms with Gasteiger partial charge in [-0.1, -0.05) is 6.07 Å². The van der Waals surface area contributed by atoms with Gasteiger partial charge in [0.2, 0.25) is 0 Å². The number of pyridine rings is 1. The molecule has 0 fully saturated rings. The van der Waals surface area contributed by atoms with Crippen LogP contribution in [0.25, 0.3) is 10.6 Å². The van der Waals surface area contributed by atoms with Crippen molar-refractivity contribution in [2.24, 2.45) is 0 Å². The first-order valence-corrected chi connectivity index (χ1v) is 6.46. The predicted molar refractivity (Wildman–Crippen MR) is 71.1 cm³/mol. The summed E-state index contributed by atoms with van der Waals surface area (Å²) in [6, 6.07) is 5.62. The van der Waals surface area contributed by atoms with Crippen molar-refractivity contribution in [3.8, 4) is 10.6 Å². The molecule has 0 aliphatic carbocycles. The van der Waals surface area contributed by atoms with Crippen molar-refractivity contribution in [2.75, 3.05) is 6.61 Å². The predicted octanol–water partition coefficient (Wildman–Crippen LogP) is 2.59. The Morgan fingerprint density at radius 2 is 2.28 bits per heavy atom. The molecule has 0 aliphatic heterocycles. The summed E-state index contributed by atoms with van der Waals surface area (Å²) in [6.07, 6.45) is 0. The molecule has 4 nitrogen and oxygen atoms in total. The van der Waals surface area contributed by atoms with Gasteiger partial charge in [-0.3, -0.25) is 4.79 Å². The summed E-state index contributed by atoms with van der Waals surface area (Å²) in [5.74, 6) is -0.575. The maximum atomic E-state index is 11.9. The van der Waals surface area contributed by atoms with Crippen LogP contribution in [0.4, 0.5) is 0 Å². The van der Waals surface area contributed by atoms with Gasteiger partial charge >= 0.3 is 5.97 Å². The smallest absolute Gasteiger partial charge is 0.344 e. The fraction of sp³-hybridized carbons (Fsp3) is 0.231. The minimum absolute atomic E-state index is 0.0807. The lowest BCUT2D eigenvalue weighted by atomic mass is 10.1. The molecular weight excluding hydrogens is 250 g/mol. The van der Waals surface area contributed by atoms with E-state index in [0.29, 0.717) is 5.56 Å². The molecule has 0 radical (unpaired) electrons. The fourth-order valence-electron chi connectivity index (χ4n) is 1.71. The molecule has 94 valence electrons. The first-order valence-electron chi connectivity index (χ1n) is 5.58. The monoisotopic (exact) mass is 263 g/mol. The van der Waals surface area contributed by atoms with E-state index < -0.39 is 11.5 Å². The maximum Gasteiger partial charge on any atom is 0.344 e. The van der Waals surface area contributed by atoms with E-state index in [1.54, 1.807) is 19.9 Å². The highest BCUT2D eigenvalue weighted by atomic mass is 32.1. The van der Waals surface area contributed by atoms with Gasteiger partial charge in [0.05, 0.1) is 17.2 Å². The van der Waals surface area contributed by atoms with Gasteiger partial charge in [0.25, 0.3) is 5.56 Å². The second-order valence-electron chi connectivity index (χ2n) is 3.77. The summed E-state index contributed by atoms with van der Waals surface area (Å²) in [5.41, 5.74) is 1.02. The van der Waals surface area contributed by atoms with Crippen LogP contribution in [-0.4, -0.2) is 17.6 Å². The minimum Gasteiger partial charge on any atom is -0.462 e. The molecular formula is C13H13NO3S. The van der Waals surface area contributed by atoms with Crippen LogP contribution >= 0.6 is 11.3 Å². The van der Waals surface area contributed by atoms with Gasteiger partial charge in [-0.2, -0.15) is 0 Å². The fourth-order valence-corrected chi connectivity index (χ4v) is 2.41. The first-order chi connectivity index (χ1) is 8.63. The Bertz CT molecular complexity index is 614. The zero-order valence-corrected chi connectivity index (χ0v) is 11.0. The zero-order chi connectivity index (χ0) is 13.1. The SMILES string of the molecule is CCOC(=O)c1c(C)cc(-c2cccs2)[nH]c1=O. The number of rotatable bonds is 3. The summed E-state index contributed by atoms with van der Waals surface area (Å²) in [6.45, 7) is 3.70. The Morgan fingerprint density at radius 3 is 2.83 bits per heavy atom. The molecule has 18 heavy (non-hydrogen) atoms. The lowest BCUT2D eigenvalue weighted by Gasteiger charge is -2.06. The summed E-state index contributed by atoms with van der Waals surface area (Å²) in [7, 11) is 0. The van der Waals surface area contributed by atoms with Crippen molar-refractivity contribution in [3.05, 3.63) is 45.1 Å². The number of ether oxygens (including phenoxy) is 1. The van der Waals surface area contributed by atoms with Crippen molar-refractivity contribution in [1.82, 2.24) is 4.98 Å². The third-order valence-electron chi connectivity index (χ3n) is 2.50. The molecule has 2 aromatic rings. The summed E-state index contributed by atoms with van der Waals surface area (Å²) in [5, 5.41) is 1.93. The van der Waals surface area contributed by atoms with Crippen LogP contribution in [0.5, 0.6) is 0 Å². The van der Waals surface area contributed by atoms with Gasteiger partial charge in [0.1, 0.15) is 5.56 Å². The number of hydrogen-bond donors (Lipinski definition) is 1. The van der Waals surface area contributed by atoms with Gasteiger partial charge < -0.3 is 9.72 Å². The minimum atomic E-state index is -0.575. The number of carbonyl (C=O) groups is 1. The van der Waals surface area contributed by atoms with Crippen LogP contribution in [0.3, 0.4) is 0 Å². The first kappa shape index (κ1) is 12.6. The lowest BCUT2D eigenvalue weighted by molar-refractivity contribution is 0.0523. The molecule has 0 atom stereocenters. The molecule has 0 aliphatic rings. The van der Waals surface area contributed by atoms with E-state index >= 15 is 0 Å². The highest BCUT2D eigenvalue weighted by Crippen LogP contribution is 2.23. The van der Waals surface area contributed by atoms with E-state index in [0.717, 1.165) is 10.6 Å². The van der Waals surface area contributed by atoms with Gasteiger partial charge in [-0.25, -0.2) is 4.79 Å². The molecule has 0 amide bonds. The molecule has 2 rings (SSSR count). The molecule has 2 aromatic heterocycles. The molecule has 0 unspecified atom stereocenters. The summed E-state index contributed by atoms with van der Waals surface area (Å²) < 4.78 is 4.86. The molecule has 0 spiro atoms. The Kier molecular flexibility index (Phi) is 3.62. The van der Waals surface area contributed by atoms with Crippen molar-refractivity contribution >= 4 is 17.3 Å². The number of H-pyrrole nitrogens is 1. The molecule has 1 N–H and O–H groups in total. The molecule has 0 saturated carbocycles. The van der Waals surface area contributed by atoms with Crippen LogP contribution in [0, 0.1) is 6.92 Å². The molecule has 2 heterocycles. The zero-order valence-electron chi connectivity index (χ0n) is 10.1. The van der Waals surface area contributed by atoms with E-state index in [2.05, 4.69) is 4.98 Å². The maximum absolute atomic E-state index is 11.9. The normalized spacial score (nSPS) is 10.3. The molecule has 0 bridgehead atoms. The number of nitrogens with one attached hydrogen (secondary N) is 1. The number of aryl methyl sites for hydroxylation is 1. The van der Waals surface area contributed by atoms with Crippen molar-refractivity contribution in [3.63, 3.8) is 0 Å². The highest BCUT2D eigenvalue weighted by Gasteiger charge is 2.16. The number of carbonyl (C=O) groups excluding carboxylic acids is 1. The number of esters is 1. The van der Waals surface area contributed by atoms with Crippen LogP contribution in [-0.2, 0) is 4.74 Å². The second kappa shape index (κ2) is 5.18. The largest absolute Gasteiger partial charge is 0.462 e. The second-order valence-corrected chi connectivity index (χ2v) is 4.72. The Hall–Kier alpha value is -1.88. The molecule has 0 aromatic carbocycles. The van der Waals surface area contributed by atoms with Crippen molar-refractivity contribution in [2.45, 2.75) is 13.8 Å². The number of hydrogen-bond acceptors (Lipinski definition) is 4. The quantitative estimate of drug-likeness (QED) is 0.866. The van der Waals surface area contributed by atoms with Crippen LogP contribution in [0.15, 0.2) is 28.4 Å². The van der Waals surface area contributed by atoms with Gasteiger partial charge in [0, 0.05) is 0 Å². The standard InChI is InChI=1S/C13H13NO3S/c1-3-17-13(16)11-8(2)7-9(14-12(11)15)10-5-4-6-18-10/h4-7H,3H2,1-2H3,(H,14,15). The Morgan fingerprint density at radius 1 is 1.50 bits per heavy atom. The number of aromatic amines is 1. The summed E-state index contributed by atoms with van der Waals surface area (Å²) >= 11 is 1.53. The summed E-state index contributed by atoms with van der Waals surface area (Å²) in [4.78, 5) is 27.2. The molecule has 0 saturated heterocycles. The molecule has 5 heteroatoms. The average Bonchev–Trinajstić information content (AvgIpc) is 2.81. The van der Waals surface area contributed by atoms with Gasteiger partial charge in [-0.05, 0) is 36.9 Å². The third-order valence-corrected chi connectivity index (χ3v) is 3.40. The van der Waals surface area contributed by atoms with E-state index in [-0.39, 0.29) is 12.2 Å². The number of thiophene rings is 1. The van der Waals surface area contributed by atoms with Gasteiger partial charge in [-0.15, -0.1) is 11.3 Å². The van der Waals surface area contributed by atoms with E-state index in [4.69, 9.17) is 4.74 Å². The Balaban J connectivity index is 2.48. The van der Waals surface area contributed by atoms with Crippen molar-refractivity contribution < 1.29 is 9.53 Å². The van der Waals surface area contributed by atoms with Crippen molar-refractivity contribution in [1.29, 1.82) is 0 Å². The van der Waals surface area contributed by atoms with Crippen LogP contribution in [0.1, 0.15) is 22.8 Å². The highest BCUT2D eigenvalue weighted by molar-refractivity contribution is 7.13. The Labute approximate surface area is 108 Å². The average molecular weight is 263 g/mol. The van der Waals surface area contributed by atoms with Crippen LogP contribution < -0.4 is 5.56 Å². The topological polar surface area (TPSA) is 59.2 Å². The van der Waals surface area contributed by atoms with Gasteiger partial charge in [0.15, 0.2) is 0 Å². The van der Waals surface area contributed by atoms with Crippen LogP contribution in [0.2, 0.25) is 0 Å². The van der Waals surface area contributed by atoms with E-state index in [1.807, 2.05) is 17.5 Å². The number of aromatic nitrogens is 1.